The van der Waals surface area contributed by atoms with Gasteiger partial charge in [0.2, 0.25) is 0 Å². The fourth-order valence-electron chi connectivity index (χ4n) is 2.09. The van der Waals surface area contributed by atoms with Crippen LogP contribution in [0.4, 0.5) is 0 Å². The lowest BCUT2D eigenvalue weighted by atomic mass is 10.0. The van der Waals surface area contributed by atoms with Gasteiger partial charge in [-0.3, -0.25) is 9.97 Å². The van der Waals surface area contributed by atoms with E-state index in [9.17, 15) is 0 Å². The maximum atomic E-state index is 5.49. The Bertz CT molecular complexity index is 528. The van der Waals surface area contributed by atoms with Crippen molar-refractivity contribution in [2.75, 3.05) is 13.7 Å². The van der Waals surface area contributed by atoms with Crippen LogP contribution >= 0.6 is 0 Å². The summed E-state index contributed by atoms with van der Waals surface area (Å²) < 4.78 is 5.49. The Balaban J connectivity index is 2.45. The van der Waals surface area contributed by atoms with Gasteiger partial charge in [0.05, 0.1) is 25.0 Å². The van der Waals surface area contributed by atoms with Gasteiger partial charge in [0, 0.05) is 18.0 Å². The van der Waals surface area contributed by atoms with Crippen LogP contribution in [0.3, 0.4) is 0 Å². The largest absolute Gasteiger partial charge is 0.496 e. The molecule has 0 fully saturated rings. The van der Waals surface area contributed by atoms with Crippen molar-refractivity contribution in [2.45, 2.75) is 19.9 Å². The van der Waals surface area contributed by atoms with Gasteiger partial charge in [0.25, 0.3) is 0 Å². The summed E-state index contributed by atoms with van der Waals surface area (Å²) in [6.07, 6.45) is 5.17. The molecule has 1 aromatic carbocycles. The van der Waals surface area contributed by atoms with Gasteiger partial charge >= 0.3 is 0 Å². The number of hydrogen-bond acceptors (Lipinski definition) is 4. The third-order valence-corrected chi connectivity index (χ3v) is 2.99. The summed E-state index contributed by atoms with van der Waals surface area (Å²) in [7, 11) is 1.69. The molecule has 0 saturated heterocycles. The Labute approximate surface area is 113 Å². The molecule has 0 amide bonds. The van der Waals surface area contributed by atoms with Crippen LogP contribution < -0.4 is 10.1 Å². The molecule has 0 radical (unpaired) electrons. The quantitative estimate of drug-likeness (QED) is 0.894. The third-order valence-electron chi connectivity index (χ3n) is 2.99. The molecule has 4 heteroatoms. The van der Waals surface area contributed by atoms with Gasteiger partial charge in [-0.25, -0.2) is 0 Å². The van der Waals surface area contributed by atoms with Crippen LogP contribution in [-0.2, 0) is 0 Å². The lowest BCUT2D eigenvalue weighted by Crippen LogP contribution is -2.23. The highest BCUT2D eigenvalue weighted by Gasteiger charge is 2.18. The van der Waals surface area contributed by atoms with E-state index >= 15 is 0 Å². The molecule has 2 rings (SSSR count). The predicted molar refractivity (Wildman–Crippen MR) is 75.3 cm³/mol. The van der Waals surface area contributed by atoms with Crippen molar-refractivity contribution < 1.29 is 4.74 Å². The molecule has 0 aliphatic rings. The first kappa shape index (κ1) is 13.5. The standard InChI is InChI=1S/C15H19N3O/c1-4-17-15(13-10-16-7-8-18-13)12-6-5-11(2)9-14(12)19-3/h5-10,15,17H,4H2,1-3H3. The first-order valence-corrected chi connectivity index (χ1v) is 6.40. The maximum Gasteiger partial charge on any atom is 0.124 e. The molecule has 100 valence electrons. The Morgan fingerprint density at radius 2 is 2.16 bits per heavy atom. The fraction of sp³-hybridized carbons (Fsp3) is 0.333. The lowest BCUT2D eigenvalue weighted by molar-refractivity contribution is 0.403. The topological polar surface area (TPSA) is 47.0 Å². The number of benzene rings is 1. The molecule has 0 aliphatic carbocycles. The van der Waals surface area contributed by atoms with Gasteiger partial charge in [0.15, 0.2) is 0 Å². The van der Waals surface area contributed by atoms with E-state index in [-0.39, 0.29) is 6.04 Å². The molecular weight excluding hydrogens is 238 g/mol. The van der Waals surface area contributed by atoms with Gasteiger partial charge in [-0.2, -0.15) is 0 Å². The maximum absolute atomic E-state index is 5.49. The minimum atomic E-state index is -0.00532. The molecule has 1 unspecified atom stereocenters. The molecule has 1 atom stereocenters. The zero-order chi connectivity index (χ0) is 13.7. The second-order valence-electron chi connectivity index (χ2n) is 4.37. The number of nitrogens with one attached hydrogen (secondary N) is 1. The minimum Gasteiger partial charge on any atom is -0.496 e. The van der Waals surface area contributed by atoms with Crippen LogP contribution in [0.25, 0.3) is 0 Å². The highest BCUT2D eigenvalue weighted by atomic mass is 16.5. The summed E-state index contributed by atoms with van der Waals surface area (Å²) in [6.45, 7) is 4.97. The monoisotopic (exact) mass is 257 g/mol. The van der Waals surface area contributed by atoms with Crippen molar-refractivity contribution in [2.24, 2.45) is 0 Å². The average molecular weight is 257 g/mol. The zero-order valence-electron chi connectivity index (χ0n) is 11.6. The molecule has 19 heavy (non-hydrogen) atoms. The predicted octanol–water partition coefficient (Wildman–Crippen LogP) is 2.49. The van der Waals surface area contributed by atoms with E-state index in [1.807, 2.05) is 6.07 Å². The van der Waals surface area contributed by atoms with Crippen molar-refractivity contribution in [1.82, 2.24) is 15.3 Å². The van der Waals surface area contributed by atoms with E-state index in [2.05, 4.69) is 41.3 Å². The van der Waals surface area contributed by atoms with Crippen molar-refractivity contribution in [3.05, 3.63) is 53.6 Å². The Hall–Kier alpha value is -1.94. The minimum absolute atomic E-state index is 0.00532. The van der Waals surface area contributed by atoms with E-state index in [1.165, 1.54) is 5.56 Å². The molecule has 1 heterocycles. The summed E-state index contributed by atoms with van der Waals surface area (Å²) in [4.78, 5) is 8.53. The smallest absolute Gasteiger partial charge is 0.124 e. The van der Waals surface area contributed by atoms with Crippen LogP contribution in [0, 0.1) is 6.92 Å². The fourth-order valence-corrected chi connectivity index (χ4v) is 2.09. The second-order valence-corrected chi connectivity index (χ2v) is 4.37. The van der Waals surface area contributed by atoms with E-state index < -0.39 is 0 Å². The normalized spacial score (nSPS) is 12.2. The highest BCUT2D eigenvalue weighted by molar-refractivity contribution is 5.42. The first-order chi connectivity index (χ1) is 9.26. The average Bonchev–Trinajstić information content (AvgIpc) is 2.46. The molecule has 0 spiro atoms. The van der Waals surface area contributed by atoms with Crippen LogP contribution in [0.5, 0.6) is 5.75 Å². The second kappa shape index (κ2) is 6.29. The van der Waals surface area contributed by atoms with Crippen molar-refractivity contribution >= 4 is 0 Å². The van der Waals surface area contributed by atoms with Crippen LogP contribution in [-0.4, -0.2) is 23.6 Å². The van der Waals surface area contributed by atoms with Gasteiger partial charge < -0.3 is 10.1 Å². The summed E-state index contributed by atoms with van der Waals surface area (Å²) in [5.41, 5.74) is 3.15. The molecule has 0 aliphatic heterocycles. The Morgan fingerprint density at radius 1 is 1.32 bits per heavy atom. The van der Waals surface area contributed by atoms with Crippen LogP contribution in [0.1, 0.15) is 29.8 Å². The van der Waals surface area contributed by atoms with Gasteiger partial charge in [-0.15, -0.1) is 0 Å². The summed E-state index contributed by atoms with van der Waals surface area (Å²) in [5, 5.41) is 3.43. The molecule has 2 aromatic rings. The summed E-state index contributed by atoms with van der Waals surface area (Å²) in [6, 6.07) is 6.19. The van der Waals surface area contributed by atoms with Crippen LogP contribution in [0.2, 0.25) is 0 Å². The van der Waals surface area contributed by atoms with E-state index in [4.69, 9.17) is 4.74 Å². The number of aromatic nitrogens is 2. The number of nitrogens with zero attached hydrogens (tertiary/aromatic N) is 2. The Morgan fingerprint density at radius 3 is 2.79 bits per heavy atom. The van der Waals surface area contributed by atoms with Gasteiger partial charge in [-0.1, -0.05) is 19.1 Å². The zero-order valence-corrected chi connectivity index (χ0v) is 11.6. The summed E-state index contributed by atoms with van der Waals surface area (Å²) in [5.74, 6) is 0.872. The van der Waals surface area contributed by atoms with Crippen molar-refractivity contribution in [3.8, 4) is 5.75 Å². The molecule has 4 nitrogen and oxygen atoms in total. The molecule has 0 saturated carbocycles. The Kier molecular flexibility index (Phi) is 4.47. The van der Waals surface area contributed by atoms with E-state index in [0.29, 0.717) is 0 Å². The number of hydrogen-bond donors (Lipinski definition) is 1. The highest BCUT2D eigenvalue weighted by Crippen LogP contribution is 2.29. The SMILES string of the molecule is CCNC(c1cnccn1)c1ccc(C)cc1OC. The van der Waals surface area contributed by atoms with Crippen LogP contribution in [0.15, 0.2) is 36.8 Å². The molecule has 0 bridgehead atoms. The molecule has 1 N–H and O–H groups in total. The van der Waals surface area contributed by atoms with E-state index in [0.717, 1.165) is 23.6 Å². The summed E-state index contributed by atoms with van der Waals surface area (Å²) >= 11 is 0. The third kappa shape index (κ3) is 3.09. The number of aryl methyl sites for hydroxylation is 1. The van der Waals surface area contributed by atoms with E-state index in [1.54, 1.807) is 25.7 Å². The van der Waals surface area contributed by atoms with Gasteiger partial charge in [-0.05, 0) is 25.1 Å². The number of rotatable bonds is 5. The van der Waals surface area contributed by atoms with Gasteiger partial charge in [0.1, 0.15) is 5.75 Å². The molecule has 1 aromatic heterocycles. The molecular formula is C15H19N3O. The lowest BCUT2D eigenvalue weighted by Gasteiger charge is -2.20. The van der Waals surface area contributed by atoms with Crippen molar-refractivity contribution in [3.63, 3.8) is 0 Å². The first-order valence-electron chi connectivity index (χ1n) is 6.40. The van der Waals surface area contributed by atoms with Crippen molar-refractivity contribution in [1.29, 1.82) is 0 Å². The number of ether oxygens (including phenoxy) is 1. The number of methoxy groups -OCH3 is 1.